The van der Waals surface area contributed by atoms with Gasteiger partial charge in [0, 0.05) is 17.8 Å². The Morgan fingerprint density at radius 2 is 1.69 bits per heavy atom. The van der Waals surface area contributed by atoms with Crippen molar-refractivity contribution in [2.45, 2.75) is 49.4 Å². The molecule has 3 aromatic carbocycles. The molecule has 3 aromatic rings. The Kier molecular flexibility index (Phi) is 10.4. The number of hydrogen-bond donors (Lipinski definition) is 2. The number of nitrogens with two attached hydrogens (primary N) is 1. The average Bonchev–Trinajstić information content (AvgIpc) is 3.48. The minimum atomic E-state index is -3.79. The Balaban J connectivity index is 1.88. The minimum absolute atomic E-state index is 0.0591. The molecule has 0 radical (unpaired) electrons. The maximum Gasteiger partial charge on any atom is 0.311 e. The number of esters is 1. The second kappa shape index (κ2) is 14.0. The first-order chi connectivity index (χ1) is 21.4. The monoisotopic (exact) mass is 637 g/mol. The predicted molar refractivity (Wildman–Crippen MR) is 169 cm³/mol. The number of benzene rings is 3. The third-order valence-electron chi connectivity index (χ3n) is 7.88. The fourth-order valence-corrected chi connectivity index (χ4v) is 6.87. The molecular weight excluding hydrogens is 598 g/mol. The van der Waals surface area contributed by atoms with E-state index < -0.39 is 50.9 Å². The number of sulfone groups is 1. The van der Waals surface area contributed by atoms with Crippen LogP contribution in [0.15, 0.2) is 71.6 Å². The van der Waals surface area contributed by atoms with Crippen molar-refractivity contribution in [3.05, 3.63) is 83.4 Å². The molecule has 3 N–H and O–H groups in total. The third-order valence-corrected chi connectivity index (χ3v) is 10.1. The van der Waals surface area contributed by atoms with E-state index in [1.165, 1.54) is 31.3 Å². The number of nitrogens with zero attached hydrogens (tertiary/aromatic N) is 1. The van der Waals surface area contributed by atoms with Gasteiger partial charge in [-0.15, -0.1) is 0 Å². The lowest BCUT2D eigenvalue weighted by molar-refractivity contribution is -0.149. The molecule has 3 atom stereocenters. The number of hydrogen-bond acceptors (Lipinski definition) is 9. The first-order valence-electron chi connectivity index (χ1n) is 14.6. The first kappa shape index (κ1) is 33.3. The van der Waals surface area contributed by atoms with Gasteiger partial charge in [-0.05, 0) is 74.7 Å². The Bertz CT molecular complexity index is 1670. The third kappa shape index (κ3) is 6.90. The zero-order valence-electron chi connectivity index (χ0n) is 26.0. The number of amides is 2. The van der Waals surface area contributed by atoms with Gasteiger partial charge in [0.1, 0.15) is 6.04 Å². The van der Waals surface area contributed by atoms with Gasteiger partial charge in [-0.3, -0.25) is 14.4 Å². The Hall–Kier alpha value is -4.58. The van der Waals surface area contributed by atoms with Gasteiger partial charge < -0.3 is 30.2 Å². The number of anilines is 1. The number of ether oxygens (including phenoxy) is 3. The molecule has 0 aliphatic carbocycles. The molecule has 11 nitrogen and oxygen atoms in total. The summed E-state index contributed by atoms with van der Waals surface area (Å²) in [6.45, 7) is 5.16. The standard InChI is InChI=1S/C33H39N3O8S/c1-6-44-33(39)25-16-17-36(30(25)24-12-7-8-13-28(24)45(40,41)20(2)3)32(38)29(21-14-15-26(42-4)27(19-21)43-5)35-23-11-9-10-22(18-23)31(34)37/h7-15,18-20,25,29-30,35H,6,16-17H2,1-5H3,(H2,34,37)/t25-,29+,30-/m0/s1. The molecule has 1 aliphatic heterocycles. The van der Waals surface area contributed by atoms with Crippen molar-refractivity contribution in [1.82, 2.24) is 4.90 Å². The Morgan fingerprint density at radius 1 is 0.978 bits per heavy atom. The van der Waals surface area contributed by atoms with Gasteiger partial charge in [0.05, 0.1) is 42.9 Å². The minimum Gasteiger partial charge on any atom is -0.493 e. The van der Waals surface area contributed by atoms with Gasteiger partial charge in [-0.1, -0.05) is 30.3 Å². The fraction of sp³-hybridized carbons (Fsp3) is 0.364. The van der Waals surface area contributed by atoms with Gasteiger partial charge in [-0.2, -0.15) is 0 Å². The fourth-order valence-electron chi connectivity index (χ4n) is 5.57. The highest BCUT2D eigenvalue weighted by Gasteiger charge is 2.46. The van der Waals surface area contributed by atoms with Crippen LogP contribution in [0.2, 0.25) is 0 Å². The van der Waals surface area contributed by atoms with Gasteiger partial charge in [0.15, 0.2) is 21.3 Å². The van der Waals surface area contributed by atoms with E-state index in [0.717, 1.165) is 0 Å². The molecule has 0 unspecified atom stereocenters. The number of carbonyl (C=O) groups excluding carboxylic acids is 3. The van der Waals surface area contributed by atoms with Gasteiger partial charge in [-0.25, -0.2) is 8.42 Å². The summed E-state index contributed by atoms with van der Waals surface area (Å²) in [5.41, 5.74) is 7.05. The average molecular weight is 638 g/mol. The highest BCUT2D eigenvalue weighted by atomic mass is 32.2. The second-order valence-electron chi connectivity index (χ2n) is 10.9. The van der Waals surface area contributed by atoms with E-state index in [2.05, 4.69) is 5.32 Å². The van der Waals surface area contributed by atoms with E-state index >= 15 is 0 Å². The lowest BCUT2D eigenvalue weighted by Gasteiger charge is -2.33. The molecule has 0 aromatic heterocycles. The van der Waals surface area contributed by atoms with Crippen molar-refractivity contribution in [1.29, 1.82) is 0 Å². The molecule has 1 saturated heterocycles. The maximum atomic E-state index is 14.7. The molecule has 45 heavy (non-hydrogen) atoms. The highest BCUT2D eigenvalue weighted by Crippen LogP contribution is 2.43. The largest absolute Gasteiger partial charge is 0.493 e. The van der Waals surface area contributed by atoms with Crippen molar-refractivity contribution < 1.29 is 37.0 Å². The number of carbonyl (C=O) groups is 3. The molecular formula is C33H39N3O8S. The molecule has 12 heteroatoms. The van der Waals surface area contributed by atoms with Crippen LogP contribution in [-0.4, -0.2) is 63.7 Å². The van der Waals surface area contributed by atoms with E-state index in [1.54, 1.807) is 75.4 Å². The van der Waals surface area contributed by atoms with Gasteiger partial charge >= 0.3 is 5.97 Å². The number of nitrogens with one attached hydrogen (secondary N) is 1. The van der Waals surface area contributed by atoms with Crippen LogP contribution in [-0.2, 0) is 24.2 Å². The molecule has 0 bridgehead atoms. The van der Waals surface area contributed by atoms with Gasteiger partial charge in [0.25, 0.3) is 0 Å². The van der Waals surface area contributed by atoms with Crippen LogP contribution >= 0.6 is 0 Å². The van der Waals surface area contributed by atoms with E-state index in [0.29, 0.717) is 28.3 Å². The zero-order chi connectivity index (χ0) is 32.9. The maximum absolute atomic E-state index is 14.7. The van der Waals surface area contributed by atoms with Crippen LogP contribution in [0.1, 0.15) is 60.8 Å². The number of methoxy groups -OCH3 is 2. The van der Waals surface area contributed by atoms with Crippen molar-refractivity contribution in [2.75, 3.05) is 32.7 Å². The van der Waals surface area contributed by atoms with Crippen LogP contribution in [0.3, 0.4) is 0 Å². The van der Waals surface area contributed by atoms with Gasteiger partial charge in [0.2, 0.25) is 11.8 Å². The molecule has 0 saturated carbocycles. The quantitative estimate of drug-likeness (QED) is 0.277. The van der Waals surface area contributed by atoms with E-state index in [9.17, 15) is 22.8 Å². The molecule has 240 valence electrons. The van der Waals surface area contributed by atoms with Crippen LogP contribution in [0.5, 0.6) is 11.5 Å². The summed E-state index contributed by atoms with van der Waals surface area (Å²) in [7, 11) is -0.804. The summed E-state index contributed by atoms with van der Waals surface area (Å²) < 4.78 is 43.3. The summed E-state index contributed by atoms with van der Waals surface area (Å²) in [5, 5.41) is 2.50. The first-order valence-corrected chi connectivity index (χ1v) is 16.2. The lowest BCUT2D eigenvalue weighted by atomic mass is 9.93. The SMILES string of the molecule is CCOC(=O)[C@H]1CCN(C(=O)[C@H](Nc2cccc(C(N)=O)c2)c2ccc(OC)c(OC)c2)[C@H]1c1ccccc1S(=O)(=O)C(C)C. The molecule has 1 heterocycles. The Morgan fingerprint density at radius 3 is 2.33 bits per heavy atom. The summed E-state index contributed by atoms with van der Waals surface area (Å²) >= 11 is 0. The number of likely N-dealkylation sites (tertiary alicyclic amines) is 1. The molecule has 1 aliphatic rings. The van der Waals surface area contributed by atoms with E-state index in [-0.39, 0.29) is 30.0 Å². The van der Waals surface area contributed by atoms with Crippen LogP contribution in [0.4, 0.5) is 5.69 Å². The highest BCUT2D eigenvalue weighted by molar-refractivity contribution is 7.92. The summed E-state index contributed by atoms with van der Waals surface area (Å²) in [6.07, 6.45) is 0.265. The van der Waals surface area contributed by atoms with Crippen LogP contribution in [0, 0.1) is 5.92 Å². The smallest absolute Gasteiger partial charge is 0.311 e. The molecule has 4 rings (SSSR count). The predicted octanol–water partition coefficient (Wildman–Crippen LogP) is 4.29. The number of rotatable bonds is 12. The van der Waals surface area contributed by atoms with Crippen LogP contribution in [0.25, 0.3) is 0 Å². The van der Waals surface area contributed by atoms with Crippen molar-refractivity contribution in [3.63, 3.8) is 0 Å². The molecule has 0 spiro atoms. The molecule has 2 amide bonds. The van der Waals surface area contributed by atoms with E-state index in [4.69, 9.17) is 19.9 Å². The Labute approximate surface area is 263 Å². The topological polar surface area (TPSA) is 154 Å². The van der Waals surface area contributed by atoms with Crippen molar-refractivity contribution in [2.24, 2.45) is 11.7 Å². The van der Waals surface area contributed by atoms with Crippen LogP contribution < -0.4 is 20.5 Å². The normalized spacial score (nSPS) is 17.1. The number of primary amides is 1. The second-order valence-corrected chi connectivity index (χ2v) is 13.4. The zero-order valence-corrected chi connectivity index (χ0v) is 26.8. The summed E-state index contributed by atoms with van der Waals surface area (Å²) in [4.78, 5) is 41.5. The summed E-state index contributed by atoms with van der Waals surface area (Å²) in [6, 6.07) is 16.0. The van der Waals surface area contributed by atoms with E-state index in [1.807, 2.05) is 0 Å². The lowest BCUT2D eigenvalue weighted by Crippen LogP contribution is -2.40. The summed E-state index contributed by atoms with van der Waals surface area (Å²) in [5.74, 6) is -1.54. The molecule has 1 fully saturated rings. The van der Waals surface area contributed by atoms with Crippen molar-refractivity contribution in [3.8, 4) is 11.5 Å². The van der Waals surface area contributed by atoms with Crippen molar-refractivity contribution >= 4 is 33.3 Å².